The first-order valence-corrected chi connectivity index (χ1v) is 20.7. The molecule has 0 amide bonds. The van der Waals surface area contributed by atoms with Crippen molar-refractivity contribution in [3.05, 3.63) is 223 Å². The van der Waals surface area contributed by atoms with E-state index in [1.807, 2.05) is 0 Å². The average Bonchev–Trinajstić information content (AvgIpc) is 3.59. The summed E-state index contributed by atoms with van der Waals surface area (Å²) in [5, 5.41) is 9.86. The lowest BCUT2D eigenvalue weighted by Crippen LogP contribution is -2.10. The van der Waals surface area contributed by atoms with Gasteiger partial charge in [0.05, 0.1) is 0 Å². The zero-order valence-electron chi connectivity index (χ0n) is 32.5. The molecule has 2 heteroatoms. The summed E-state index contributed by atoms with van der Waals surface area (Å²) >= 11 is 0. The van der Waals surface area contributed by atoms with Crippen molar-refractivity contribution in [3.63, 3.8) is 0 Å². The summed E-state index contributed by atoms with van der Waals surface area (Å²) in [7, 11) is 0. The van der Waals surface area contributed by atoms with E-state index in [4.69, 9.17) is 4.42 Å². The van der Waals surface area contributed by atoms with E-state index >= 15 is 0 Å². The zero-order valence-corrected chi connectivity index (χ0v) is 32.5. The fourth-order valence-corrected chi connectivity index (χ4v) is 10.0. The second kappa shape index (κ2) is 13.6. The molecule has 59 heavy (non-hydrogen) atoms. The third kappa shape index (κ3) is 5.48. The molecule has 2 nitrogen and oxygen atoms in total. The summed E-state index contributed by atoms with van der Waals surface area (Å²) in [4.78, 5) is 2.37. The largest absolute Gasteiger partial charge is 0.456 e. The van der Waals surface area contributed by atoms with E-state index in [2.05, 4.69) is 211 Å². The number of benzene rings is 10. The minimum Gasteiger partial charge on any atom is -0.456 e. The molecule has 10 aromatic carbocycles. The van der Waals surface area contributed by atoms with Gasteiger partial charge in [0, 0.05) is 39.3 Å². The summed E-state index contributed by atoms with van der Waals surface area (Å²) in [5.41, 5.74) is 14.5. The van der Waals surface area contributed by atoms with E-state index in [9.17, 15) is 0 Å². The molecule has 0 aliphatic heterocycles. The van der Waals surface area contributed by atoms with Crippen molar-refractivity contribution in [1.82, 2.24) is 0 Å². The van der Waals surface area contributed by atoms with Gasteiger partial charge in [-0.1, -0.05) is 152 Å². The van der Waals surface area contributed by atoms with Crippen LogP contribution in [0.1, 0.15) is 29.0 Å². The maximum atomic E-state index is 6.75. The van der Waals surface area contributed by atoms with Crippen molar-refractivity contribution in [2.75, 3.05) is 4.90 Å². The maximum absolute atomic E-state index is 6.75. The smallest absolute Gasteiger partial charge is 0.136 e. The number of hydrogen-bond donors (Lipinski definition) is 0. The fraction of sp³-hybridized carbons (Fsp3) is 0.0526. The number of aryl methyl sites for hydroxylation is 1. The van der Waals surface area contributed by atoms with Crippen LogP contribution in [0.3, 0.4) is 0 Å². The molecule has 1 aliphatic rings. The van der Waals surface area contributed by atoms with Gasteiger partial charge in [0.15, 0.2) is 0 Å². The Kier molecular flexibility index (Phi) is 7.77. The summed E-state index contributed by atoms with van der Waals surface area (Å²) in [6.45, 7) is 0. The standard InChI is InChI=1S/C57H39NO/c1-2-17-42(18-3-1)58(44-32-26-37-14-4-5-15-39(37)34-44)43-30-27-38(28-31-43)46-33-29-41-36-54-56(51-24-12-13-25-53(51)59-54)57(55(41)50-23-11-10-21-48(46)50)52-35-40-16-6-7-19-45(40)47-20-8-9-22-49(47)52/h1-28,30-32,34-36,46H,29,33H2/t46-/m0/s1. The van der Waals surface area contributed by atoms with Crippen molar-refractivity contribution in [2.45, 2.75) is 18.8 Å². The molecule has 0 saturated heterocycles. The molecule has 278 valence electrons. The molecular formula is C57H39NO. The van der Waals surface area contributed by atoms with Crippen molar-refractivity contribution < 1.29 is 4.42 Å². The Morgan fingerprint density at radius 2 is 1.05 bits per heavy atom. The van der Waals surface area contributed by atoms with Crippen LogP contribution in [-0.2, 0) is 6.42 Å². The maximum Gasteiger partial charge on any atom is 0.136 e. The molecule has 0 fully saturated rings. The molecule has 0 radical (unpaired) electrons. The fourth-order valence-electron chi connectivity index (χ4n) is 10.0. The highest BCUT2D eigenvalue weighted by Gasteiger charge is 2.30. The molecule has 0 unspecified atom stereocenters. The third-order valence-corrected chi connectivity index (χ3v) is 12.7. The molecule has 1 atom stereocenters. The first-order valence-electron chi connectivity index (χ1n) is 20.7. The third-order valence-electron chi connectivity index (χ3n) is 12.7. The molecule has 11 aromatic rings. The summed E-state index contributed by atoms with van der Waals surface area (Å²) in [6, 6.07) is 75.6. The minimum atomic E-state index is 0.211. The van der Waals surface area contributed by atoms with Crippen molar-refractivity contribution in [1.29, 1.82) is 0 Å². The SMILES string of the molecule is c1ccc(N(c2ccc([C@@H]3CCc4cc5oc6ccccc6c5c(-c5cc6ccccc6c6ccccc56)c4-c4ccccc43)cc2)c2ccc3ccccc3c2)cc1. The Bertz CT molecular complexity index is 3390. The zero-order chi connectivity index (χ0) is 38.9. The van der Waals surface area contributed by atoms with E-state index in [0.717, 1.165) is 46.5 Å². The normalized spacial score (nSPS) is 13.8. The number of furan rings is 1. The van der Waals surface area contributed by atoms with Crippen LogP contribution in [0, 0.1) is 0 Å². The van der Waals surface area contributed by atoms with Gasteiger partial charge in [-0.3, -0.25) is 0 Å². The Hall–Kier alpha value is -7.42. The van der Waals surface area contributed by atoms with Gasteiger partial charge in [-0.05, 0) is 133 Å². The number of fused-ring (bicyclic) bond motifs is 10. The highest BCUT2D eigenvalue weighted by atomic mass is 16.3. The topological polar surface area (TPSA) is 16.4 Å². The van der Waals surface area contributed by atoms with E-state index in [1.165, 1.54) is 76.6 Å². The Morgan fingerprint density at radius 1 is 0.407 bits per heavy atom. The number of nitrogens with zero attached hydrogens (tertiary/aromatic N) is 1. The van der Waals surface area contributed by atoms with Crippen LogP contribution in [0.15, 0.2) is 211 Å². The molecule has 0 N–H and O–H groups in total. The van der Waals surface area contributed by atoms with Crippen LogP contribution in [0.25, 0.3) is 76.5 Å². The summed E-state index contributed by atoms with van der Waals surface area (Å²) in [5.74, 6) is 0.211. The lowest BCUT2D eigenvalue weighted by atomic mass is 9.82. The van der Waals surface area contributed by atoms with Gasteiger partial charge in [0.2, 0.25) is 0 Å². The Balaban J connectivity index is 1.04. The Morgan fingerprint density at radius 3 is 1.90 bits per heavy atom. The molecular weight excluding hydrogens is 715 g/mol. The van der Waals surface area contributed by atoms with Crippen LogP contribution >= 0.6 is 0 Å². The van der Waals surface area contributed by atoms with E-state index in [1.54, 1.807) is 0 Å². The molecule has 0 spiro atoms. The first kappa shape index (κ1) is 33.7. The molecule has 0 saturated carbocycles. The average molecular weight is 754 g/mol. The predicted molar refractivity (Wildman–Crippen MR) is 248 cm³/mol. The molecule has 0 bridgehead atoms. The predicted octanol–water partition coefficient (Wildman–Crippen LogP) is 15.9. The first-order chi connectivity index (χ1) is 29.3. The monoisotopic (exact) mass is 753 g/mol. The van der Waals surface area contributed by atoms with Crippen LogP contribution in [0.4, 0.5) is 17.1 Å². The second-order valence-electron chi connectivity index (χ2n) is 15.9. The van der Waals surface area contributed by atoms with Crippen molar-refractivity contribution in [2.24, 2.45) is 0 Å². The molecule has 1 aromatic heterocycles. The minimum absolute atomic E-state index is 0.211. The molecule has 12 rings (SSSR count). The quantitative estimate of drug-likeness (QED) is 0.163. The van der Waals surface area contributed by atoms with Crippen LogP contribution < -0.4 is 4.90 Å². The van der Waals surface area contributed by atoms with E-state index in [-0.39, 0.29) is 5.92 Å². The van der Waals surface area contributed by atoms with Gasteiger partial charge in [0.1, 0.15) is 11.2 Å². The van der Waals surface area contributed by atoms with Crippen molar-refractivity contribution >= 4 is 71.3 Å². The number of para-hydroxylation sites is 2. The van der Waals surface area contributed by atoms with E-state index < -0.39 is 0 Å². The molecule has 1 heterocycles. The van der Waals surface area contributed by atoms with Gasteiger partial charge in [-0.15, -0.1) is 0 Å². The molecule has 1 aliphatic carbocycles. The summed E-state index contributed by atoms with van der Waals surface area (Å²) < 4.78 is 6.75. The van der Waals surface area contributed by atoms with Crippen LogP contribution in [-0.4, -0.2) is 0 Å². The van der Waals surface area contributed by atoms with Gasteiger partial charge in [-0.2, -0.15) is 0 Å². The van der Waals surface area contributed by atoms with Crippen molar-refractivity contribution in [3.8, 4) is 22.3 Å². The van der Waals surface area contributed by atoms with Gasteiger partial charge >= 0.3 is 0 Å². The summed E-state index contributed by atoms with van der Waals surface area (Å²) in [6.07, 6.45) is 1.91. The number of anilines is 3. The van der Waals surface area contributed by atoms with Gasteiger partial charge < -0.3 is 9.32 Å². The van der Waals surface area contributed by atoms with Crippen LogP contribution in [0.5, 0.6) is 0 Å². The lowest BCUT2D eigenvalue weighted by Gasteiger charge is -2.27. The highest BCUT2D eigenvalue weighted by Crippen LogP contribution is 2.52. The van der Waals surface area contributed by atoms with Gasteiger partial charge in [-0.25, -0.2) is 0 Å². The number of hydrogen-bond acceptors (Lipinski definition) is 2. The second-order valence-corrected chi connectivity index (χ2v) is 15.9. The lowest BCUT2D eigenvalue weighted by molar-refractivity contribution is 0.667. The van der Waals surface area contributed by atoms with Crippen LogP contribution in [0.2, 0.25) is 0 Å². The Labute approximate surface area is 343 Å². The highest BCUT2D eigenvalue weighted by molar-refractivity contribution is 6.23. The van der Waals surface area contributed by atoms with Gasteiger partial charge in [0.25, 0.3) is 0 Å². The van der Waals surface area contributed by atoms with E-state index in [0.29, 0.717) is 0 Å². The number of rotatable bonds is 5.